The third kappa shape index (κ3) is 3.26. The summed E-state index contributed by atoms with van der Waals surface area (Å²) in [6.45, 7) is 1.26. The van der Waals surface area contributed by atoms with E-state index in [2.05, 4.69) is 4.98 Å². The molecule has 1 N–H and O–H groups in total. The number of nitrogens with zero attached hydrogens (tertiary/aromatic N) is 1. The highest BCUT2D eigenvalue weighted by atomic mass is 16.5. The molecular formula is C14H17NO3. The van der Waals surface area contributed by atoms with E-state index in [0.717, 1.165) is 16.5 Å². The Morgan fingerprint density at radius 1 is 1.28 bits per heavy atom. The fourth-order valence-electron chi connectivity index (χ4n) is 1.70. The minimum atomic E-state index is -0.654. The first-order valence-corrected chi connectivity index (χ1v) is 5.90. The molecule has 1 atom stereocenters. The second-order valence-corrected chi connectivity index (χ2v) is 4.04. The number of aliphatic hydroxyl groups excluding tert-OH is 1. The van der Waals surface area contributed by atoms with Crippen molar-refractivity contribution in [3.63, 3.8) is 0 Å². The molecule has 0 amide bonds. The Hall–Kier alpha value is -1.49. The smallest absolute Gasteiger partial charge is 0.104 e. The molecule has 0 saturated carbocycles. The molecule has 2 aromatic rings. The normalized spacial score (nSPS) is 12.8. The summed E-state index contributed by atoms with van der Waals surface area (Å²) in [5.74, 6) is 0. The average Bonchev–Trinajstić information content (AvgIpc) is 2.43. The molecule has 4 heteroatoms. The fraction of sp³-hybridized carbons (Fsp3) is 0.357. The van der Waals surface area contributed by atoms with Gasteiger partial charge in [0.2, 0.25) is 0 Å². The average molecular weight is 247 g/mol. The Bertz CT molecular complexity index is 501. The molecule has 0 radical (unpaired) electrons. The minimum absolute atomic E-state index is 0.253. The number of methoxy groups -OCH3 is 1. The summed E-state index contributed by atoms with van der Waals surface area (Å²) in [6.07, 6.45) is 1.03. The van der Waals surface area contributed by atoms with Crippen LogP contribution in [0.15, 0.2) is 36.5 Å². The third-order valence-electron chi connectivity index (χ3n) is 2.70. The molecular weight excluding hydrogens is 230 g/mol. The van der Waals surface area contributed by atoms with Gasteiger partial charge in [-0.05, 0) is 12.1 Å². The van der Waals surface area contributed by atoms with Gasteiger partial charge in [-0.15, -0.1) is 0 Å². The van der Waals surface area contributed by atoms with E-state index in [1.54, 1.807) is 13.3 Å². The summed E-state index contributed by atoms with van der Waals surface area (Å²) in [4.78, 5) is 4.31. The summed E-state index contributed by atoms with van der Waals surface area (Å²) >= 11 is 0. The molecule has 96 valence electrons. The van der Waals surface area contributed by atoms with E-state index < -0.39 is 6.10 Å². The van der Waals surface area contributed by atoms with Crippen LogP contribution >= 0.6 is 0 Å². The molecule has 1 heterocycles. The van der Waals surface area contributed by atoms with Crippen molar-refractivity contribution < 1.29 is 14.6 Å². The highest BCUT2D eigenvalue weighted by Gasteiger charge is 2.08. The summed E-state index contributed by atoms with van der Waals surface area (Å²) in [7, 11) is 1.62. The van der Waals surface area contributed by atoms with Crippen LogP contribution in [0.4, 0.5) is 0 Å². The molecule has 1 aromatic carbocycles. The molecule has 1 aromatic heterocycles. The zero-order valence-corrected chi connectivity index (χ0v) is 10.4. The van der Waals surface area contributed by atoms with Crippen LogP contribution in [0.3, 0.4) is 0 Å². The van der Waals surface area contributed by atoms with Crippen molar-refractivity contribution in [1.29, 1.82) is 0 Å². The number of hydrogen-bond donors (Lipinski definition) is 1. The quantitative estimate of drug-likeness (QED) is 0.792. The van der Waals surface area contributed by atoms with Crippen LogP contribution < -0.4 is 0 Å². The van der Waals surface area contributed by atoms with Crippen LogP contribution in [-0.4, -0.2) is 37.0 Å². The molecule has 4 nitrogen and oxygen atoms in total. The summed E-state index contributed by atoms with van der Waals surface area (Å²) in [5, 5.41) is 11.0. The lowest BCUT2D eigenvalue weighted by molar-refractivity contribution is 0.0125. The van der Waals surface area contributed by atoms with Crippen molar-refractivity contribution in [3.8, 4) is 0 Å². The van der Waals surface area contributed by atoms with Gasteiger partial charge in [0.25, 0.3) is 0 Å². The first kappa shape index (κ1) is 13.0. The highest BCUT2D eigenvalue weighted by Crippen LogP contribution is 2.18. The highest BCUT2D eigenvalue weighted by molar-refractivity contribution is 5.78. The summed E-state index contributed by atoms with van der Waals surface area (Å²) in [5.41, 5.74) is 1.69. The lowest BCUT2D eigenvalue weighted by Gasteiger charge is -2.11. The van der Waals surface area contributed by atoms with Crippen LogP contribution in [0, 0.1) is 0 Å². The monoisotopic (exact) mass is 247 g/mol. The lowest BCUT2D eigenvalue weighted by atomic mass is 10.1. The standard InChI is InChI=1S/C14H17NO3/c1-17-6-7-18-10-14(16)12-8-11-4-2-3-5-13(11)15-9-12/h2-5,8-9,14,16H,6-7,10H2,1H3. The number of rotatable bonds is 6. The van der Waals surface area contributed by atoms with E-state index in [4.69, 9.17) is 9.47 Å². The van der Waals surface area contributed by atoms with Crippen molar-refractivity contribution in [3.05, 3.63) is 42.1 Å². The van der Waals surface area contributed by atoms with E-state index in [9.17, 15) is 5.11 Å². The minimum Gasteiger partial charge on any atom is -0.386 e. The molecule has 0 spiro atoms. The first-order chi connectivity index (χ1) is 8.81. The lowest BCUT2D eigenvalue weighted by Crippen LogP contribution is -2.10. The van der Waals surface area contributed by atoms with Gasteiger partial charge in [0, 0.05) is 24.3 Å². The Balaban J connectivity index is 2.01. The topological polar surface area (TPSA) is 51.6 Å². The summed E-state index contributed by atoms with van der Waals surface area (Å²) in [6, 6.07) is 9.76. The van der Waals surface area contributed by atoms with Crippen molar-refractivity contribution in [2.75, 3.05) is 26.9 Å². The van der Waals surface area contributed by atoms with Gasteiger partial charge in [0.05, 0.1) is 25.3 Å². The van der Waals surface area contributed by atoms with Crippen molar-refractivity contribution in [1.82, 2.24) is 4.98 Å². The van der Waals surface area contributed by atoms with Crippen LogP contribution in [0.25, 0.3) is 10.9 Å². The molecule has 0 aliphatic rings. The predicted octanol–water partition coefficient (Wildman–Crippen LogP) is 1.93. The molecule has 1 unspecified atom stereocenters. The molecule has 0 bridgehead atoms. The van der Waals surface area contributed by atoms with E-state index >= 15 is 0 Å². The van der Waals surface area contributed by atoms with Crippen LogP contribution in [0.5, 0.6) is 0 Å². The van der Waals surface area contributed by atoms with Gasteiger partial charge in [-0.2, -0.15) is 0 Å². The SMILES string of the molecule is COCCOCC(O)c1cnc2ccccc2c1. The molecule has 2 rings (SSSR count). The number of ether oxygens (including phenoxy) is 2. The zero-order valence-electron chi connectivity index (χ0n) is 10.4. The predicted molar refractivity (Wildman–Crippen MR) is 69.4 cm³/mol. The maximum atomic E-state index is 9.97. The Kier molecular flexibility index (Phi) is 4.64. The number of aliphatic hydroxyl groups is 1. The molecule has 0 aliphatic heterocycles. The van der Waals surface area contributed by atoms with E-state index in [-0.39, 0.29) is 6.61 Å². The van der Waals surface area contributed by atoms with Crippen LogP contribution in [0.2, 0.25) is 0 Å². The van der Waals surface area contributed by atoms with E-state index in [0.29, 0.717) is 13.2 Å². The number of fused-ring (bicyclic) bond motifs is 1. The maximum Gasteiger partial charge on any atom is 0.104 e. The Morgan fingerprint density at radius 3 is 2.94 bits per heavy atom. The van der Waals surface area contributed by atoms with E-state index in [1.807, 2.05) is 30.3 Å². The van der Waals surface area contributed by atoms with Gasteiger partial charge in [-0.1, -0.05) is 18.2 Å². The number of aromatic nitrogens is 1. The second-order valence-electron chi connectivity index (χ2n) is 4.04. The van der Waals surface area contributed by atoms with Crippen molar-refractivity contribution in [2.45, 2.75) is 6.10 Å². The Morgan fingerprint density at radius 2 is 2.11 bits per heavy atom. The van der Waals surface area contributed by atoms with Gasteiger partial charge in [-0.3, -0.25) is 4.98 Å². The molecule has 18 heavy (non-hydrogen) atoms. The maximum absolute atomic E-state index is 9.97. The van der Waals surface area contributed by atoms with Crippen LogP contribution in [0.1, 0.15) is 11.7 Å². The largest absolute Gasteiger partial charge is 0.386 e. The third-order valence-corrected chi connectivity index (χ3v) is 2.70. The Labute approximate surface area is 106 Å². The number of benzene rings is 1. The van der Waals surface area contributed by atoms with Gasteiger partial charge in [-0.25, -0.2) is 0 Å². The molecule has 0 aliphatic carbocycles. The number of pyridine rings is 1. The van der Waals surface area contributed by atoms with E-state index in [1.165, 1.54) is 0 Å². The van der Waals surface area contributed by atoms with Gasteiger partial charge in [0.1, 0.15) is 6.10 Å². The summed E-state index contributed by atoms with van der Waals surface area (Å²) < 4.78 is 10.2. The van der Waals surface area contributed by atoms with Crippen molar-refractivity contribution >= 4 is 10.9 Å². The van der Waals surface area contributed by atoms with Crippen molar-refractivity contribution in [2.24, 2.45) is 0 Å². The second kappa shape index (κ2) is 6.44. The van der Waals surface area contributed by atoms with Gasteiger partial charge < -0.3 is 14.6 Å². The first-order valence-electron chi connectivity index (χ1n) is 5.90. The number of para-hydroxylation sites is 1. The fourth-order valence-corrected chi connectivity index (χ4v) is 1.70. The van der Waals surface area contributed by atoms with Crippen LogP contribution in [-0.2, 0) is 9.47 Å². The van der Waals surface area contributed by atoms with Gasteiger partial charge in [0.15, 0.2) is 0 Å². The molecule has 0 saturated heterocycles. The zero-order chi connectivity index (χ0) is 12.8. The number of hydrogen-bond acceptors (Lipinski definition) is 4. The molecule has 0 fully saturated rings. The van der Waals surface area contributed by atoms with Gasteiger partial charge >= 0.3 is 0 Å².